The fourth-order valence-corrected chi connectivity index (χ4v) is 4.06. The molecule has 3 aromatic rings. The van der Waals surface area contributed by atoms with Crippen LogP contribution in [0.3, 0.4) is 0 Å². The van der Waals surface area contributed by atoms with E-state index in [4.69, 9.17) is 0 Å². The summed E-state index contributed by atoms with van der Waals surface area (Å²) in [4.78, 5) is 27.0. The van der Waals surface area contributed by atoms with Crippen molar-refractivity contribution in [3.05, 3.63) is 59.8 Å². The molecule has 0 aliphatic carbocycles. The summed E-state index contributed by atoms with van der Waals surface area (Å²) in [5.41, 5.74) is 3.89. The fraction of sp³-hybridized carbons (Fsp3) is 0.278. The number of carbonyl (C=O) groups is 1. The van der Waals surface area contributed by atoms with Crippen LogP contribution in [-0.4, -0.2) is 31.8 Å². The van der Waals surface area contributed by atoms with Crippen molar-refractivity contribution in [2.24, 2.45) is 0 Å². The van der Waals surface area contributed by atoms with Gasteiger partial charge in [0.15, 0.2) is 0 Å². The van der Waals surface area contributed by atoms with Gasteiger partial charge < -0.3 is 9.88 Å². The van der Waals surface area contributed by atoms with Gasteiger partial charge in [0.05, 0.1) is 11.7 Å². The van der Waals surface area contributed by atoms with Gasteiger partial charge in [-0.2, -0.15) is 0 Å². The average molecular weight is 304 g/mol. The number of amides is 1. The molecule has 2 bridgehead atoms. The van der Waals surface area contributed by atoms with Gasteiger partial charge in [0.25, 0.3) is 5.91 Å². The number of nitrogens with one attached hydrogen (secondary N) is 1. The minimum Gasteiger partial charge on any atom is -0.351 e. The number of hydrogen-bond acceptors (Lipinski definition) is 3. The number of fused-ring (bicyclic) bond motifs is 5. The van der Waals surface area contributed by atoms with Crippen molar-refractivity contribution in [3.63, 3.8) is 0 Å². The van der Waals surface area contributed by atoms with Crippen molar-refractivity contribution in [2.45, 2.75) is 31.3 Å². The predicted octanol–water partition coefficient (Wildman–Crippen LogP) is 2.86. The predicted molar refractivity (Wildman–Crippen MR) is 86.0 cm³/mol. The molecule has 0 spiro atoms. The zero-order valence-corrected chi connectivity index (χ0v) is 12.6. The number of para-hydroxylation sites is 1. The smallest absolute Gasteiger partial charge is 0.271 e. The molecular weight excluding hydrogens is 288 g/mol. The Hall–Kier alpha value is -2.69. The van der Waals surface area contributed by atoms with E-state index < -0.39 is 0 Å². The van der Waals surface area contributed by atoms with Crippen molar-refractivity contribution >= 4 is 16.8 Å². The van der Waals surface area contributed by atoms with Crippen molar-refractivity contribution in [1.29, 1.82) is 0 Å². The maximum absolute atomic E-state index is 13.1. The van der Waals surface area contributed by atoms with Gasteiger partial charge in [-0.1, -0.05) is 18.2 Å². The molecule has 0 unspecified atom stereocenters. The summed E-state index contributed by atoms with van der Waals surface area (Å²) in [5.74, 6) is 0.0863. The number of hydrogen-bond donors (Lipinski definition) is 1. The van der Waals surface area contributed by atoms with Crippen LogP contribution in [0.4, 0.5) is 0 Å². The summed E-state index contributed by atoms with van der Waals surface area (Å²) in [7, 11) is 0. The number of H-pyrrole nitrogens is 1. The van der Waals surface area contributed by atoms with Gasteiger partial charge in [-0.3, -0.25) is 4.79 Å². The summed E-state index contributed by atoms with van der Waals surface area (Å²) in [6.45, 7) is 0. The van der Waals surface area contributed by atoms with Gasteiger partial charge in [0.2, 0.25) is 0 Å². The average Bonchev–Trinajstić information content (AvgIpc) is 3.15. The quantitative estimate of drug-likeness (QED) is 0.752. The second kappa shape index (κ2) is 4.65. The molecule has 2 atom stereocenters. The Balaban J connectivity index is 1.56. The highest BCUT2D eigenvalue weighted by Gasteiger charge is 2.43. The summed E-state index contributed by atoms with van der Waals surface area (Å²) < 4.78 is 0. The molecule has 4 heterocycles. The van der Waals surface area contributed by atoms with E-state index in [1.165, 1.54) is 0 Å². The van der Waals surface area contributed by atoms with Gasteiger partial charge in [-0.15, -0.1) is 0 Å². The highest BCUT2D eigenvalue weighted by molar-refractivity contribution is 5.98. The van der Waals surface area contributed by atoms with Crippen molar-refractivity contribution in [3.8, 4) is 0 Å². The molecule has 0 radical (unpaired) electrons. The molecule has 1 N–H and O–H groups in total. The third-order valence-electron chi connectivity index (χ3n) is 5.11. The van der Waals surface area contributed by atoms with Crippen LogP contribution in [0.1, 0.15) is 40.6 Å². The van der Waals surface area contributed by atoms with Gasteiger partial charge in [-0.25, -0.2) is 9.97 Å². The number of carbonyl (C=O) groups excluding carboxylic acids is 1. The Morgan fingerprint density at radius 3 is 3.09 bits per heavy atom. The first kappa shape index (κ1) is 12.8. The summed E-state index contributed by atoms with van der Waals surface area (Å²) in [6.07, 6.45) is 6.35. The van der Waals surface area contributed by atoms with E-state index in [0.29, 0.717) is 5.69 Å². The highest BCUT2D eigenvalue weighted by Crippen LogP contribution is 2.43. The molecule has 5 nitrogen and oxygen atoms in total. The molecule has 1 fully saturated rings. The molecule has 23 heavy (non-hydrogen) atoms. The van der Waals surface area contributed by atoms with E-state index in [9.17, 15) is 4.79 Å². The molecule has 1 saturated heterocycles. The lowest BCUT2D eigenvalue weighted by atomic mass is 9.99. The second-order valence-electron chi connectivity index (χ2n) is 6.36. The van der Waals surface area contributed by atoms with Gasteiger partial charge in [-0.05, 0) is 25.0 Å². The Morgan fingerprint density at radius 1 is 1.26 bits per heavy atom. The zero-order chi connectivity index (χ0) is 15.4. The van der Waals surface area contributed by atoms with E-state index in [1.54, 1.807) is 6.33 Å². The topological polar surface area (TPSA) is 61.9 Å². The normalized spacial score (nSPS) is 22.3. The van der Waals surface area contributed by atoms with E-state index in [1.807, 2.05) is 41.4 Å². The highest BCUT2D eigenvalue weighted by atomic mass is 16.2. The summed E-state index contributed by atoms with van der Waals surface area (Å²) >= 11 is 0. The lowest BCUT2D eigenvalue weighted by Gasteiger charge is -2.35. The maximum atomic E-state index is 13.1. The molecule has 5 heteroatoms. The molecule has 5 rings (SSSR count). The lowest BCUT2D eigenvalue weighted by molar-refractivity contribution is 0.0638. The van der Waals surface area contributed by atoms with Crippen molar-refractivity contribution in [1.82, 2.24) is 19.9 Å². The number of aromatic nitrogens is 3. The van der Waals surface area contributed by atoms with Crippen LogP contribution < -0.4 is 0 Å². The minimum absolute atomic E-state index is 0.0863. The van der Waals surface area contributed by atoms with Crippen LogP contribution in [0.5, 0.6) is 0 Å². The van der Waals surface area contributed by atoms with Crippen LogP contribution in [0.25, 0.3) is 10.9 Å². The first-order valence-corrected chi connectivity index (χ1v) is 8.00. The maximum Gasteiger partial charge on any atom is 0.271 e. The van der Waals surface area contributed by atoms with Crippen LogP contribution in [0.2, 0.25) is 0 Å². The Kier molecular flexibility index (Phi) is 2.59. The van der Waals surface area contributed by atoms with E-state index in [2.05, 4.69) is 15.0 Å². The second-order valence-corrected chi connectivity index (χ2v) is 6.36. The Morgan fingerprint density at radius 2 is 2.17 bits per heavy atom. The van der Waals surface area contributed by atoms with Crippen LogP contribution >= 0.6 is 0 Å². The lowest BCUT2D eigenvalue weighted by Crippen LogP contribution is -2.42. The molecule has 0 saturated carbocycles. The minimum atomic E-state index is 0.0863. The number of aromatic amines is 1. The third-order valence-corrected chi connectivity index (χ3v) is 5.11. The van der Waals surface area contributed by atoms with Crippen molar-refractivity contribution in [2.75, 3.05) is 0 Å². The molecule has 2 aliphatic rings. The SMILES string of the molecule is O=C(c1cc2ccccc2[nH]1)N1[C@H]2CC[C@H]1c1cncnc1C2. The largest absolute Gasteiger partial charge is 0.351 e. The van der Waals surface area contributed by atoms with Gasteiger partial charge in [0, 0.05) is 35.1 Å². The molecule has 1 aromatic carbocycles. The van der Waals surface area contributed by atoms with E-state index in [0.717, 1.165) is 41.4 Å². The van der Waals surface area contributed by atoms with Crippen LogP contribution in [0.15, 0.2) is 42.9 Å². The van der Waals surface area contributed by atoms with Crippen molar-refractivity contribution < 1.29 is 4.79 Å². The standard InChI is InChI=1S/C18H16N4O/c23-18(16-7-11-3-1-2-4-14(11)21-16)22-12-5-6-17(22)13-9-19-10-20-15(13)8-12/h1-4,7,9-10,12,17,21H,5-6,8H2/t12-,17-/m0/s1. The summed E-state index contributed by atoms with van der Waals surface area (Å²) in [6, 6.07) is 10.3. The Labute approximate surface area is 133 Å². The van der Waals surface area contributed by atoms with Crippen LogP contribution in [-0.2, 0) is 6.42 Å². The molecular formula is C18H16N4O. The molecule has 114 valence electrons. The summed E-state index contributed by atoms with van der Waals surface area (Å²) in [5, 5.41) is 1.07. The monoisotopic (exact) mass is 304 g/mol. The zero-order valence-electron chi connectivity index (χ0n) is 12.6. The van der Waals surface area contributed by atoms with E-state index in [-0.39, 0.29) is 18.0 Å². The van der Waals surface area contributed by atoms with Crippen LogP contribution in [0, 0.1) is 0 Å². The first-order chi connectivity index (χ1) is 11.3. The molecule has 1 amide bonds. The number of rotatable bonds is 1. The Bertz CT molecular complexity index is 883. The third kappa shape index (κ3) is 1.82. The molecule has 2 aromatic heterocycles. The molecule has 2 aliphatic heterocycles. The first-order valence-electron chi connectivity index (χ1n) is 8.00. The van der Waals surface area contributed by atoms with Gasteiger partial charge >= 0.3 is 0 Å². The number of benzene rings is 1. The fourth-order valence-electron chi connectivity index (χ4n) is 4.06. The van der Waals surface area contributed by atoms with Gasteiger partial charge in [0.1, 0.15) is 12.0 Å². The van der Waals surface area contributed by atoms with E-state index >= 15 is 0 Å². The number of nitrogens with zero attached hydrogens (tertiary/aromatic N) is 3.